The number of carbonyl (C=O) groups excluding carboxylic acids is 2. The third kappa shape index (κ3) is 4.44. The molecule has 0 saturated carbocycles. The molecule has 0 unspecified atom stereocenters. The Morgan fingerprint density at radius 2 is 1.86 bits per heavy atom. The Morgan fingerprint density at radius 1 is 1.00 bits per heavy atom. The van der Waals surface area contributed by atoms with Crippen LogP contribution in [0.4, 0.5) is 15.8 Å². The van der Waals surface area contributed by atoms with E-state index >= 15 is 0 Å². The molecule has 5 heterocycles. The molecule has 0 radical (unpaired) electrons. The molecular weight excluding hydrogens is 549 g/mol. The Balaban J connectivity index is 1.21. The number of carbonyl (C=O) groups is 2. The number of benzene rings is 2. The smallest absolute Gasteiger partial charge is 0.276 e. The van der Waals surface area contributed by atoms with Crippen LogP contribution in [0.1, 0.15) is 31.3 Å². The van der Waals surface area contributed by atoms with Gasteiger partial charge in [0, 0.05) is 40.3 Å². The van der Waals surface area contributed by atoms with Gasteiger partial charge in [-0.2, -0.15) is 0 Å². The Labute approximate surface area is 244 Å². The lowest BCUT2D eigenvalue weighted by Crippen LogP contribution is -2.33. The predicted molar refractivity (Wildman–Crippen MR) is 164 cm³/mol. The number of amides is 2. The van der Waals surface area contributed by atoms with Gasteiger partial charge in [0.25, 0.3) is 11.8 Å². The lowest BCUT2D eigenvalue weighted by Gasteiger charge is -2.23. The number of rotatable bonds is 4. The SMILES string of the molecule is Cc1cccc(F)c1NC(=O)c1cc2c(s1)-c1ccccc1N(C(=O)c1cccc(-c3c[nH]c4ncccc34)n1)CC2. The molecule has 1 aliphatic rings. The summed E-state index contributed by atoms with van der Waals surface area (Å²) in [5.74, 6) is -1.04. The zero-order valence-corrected chi connectivity index (χ0v) is 23.3. The van der Waals surface area contributed by atoms with Crippen molar-refractivity contribution in [1.29, 1.82) is 0 Å². The number of H-pyrrole nitrogens is 1. The highest BCUT2D eigenvalue weighted by Crippen LogP contribution is 2.42. The van der Waals surface area contributed by atoms with Gasteiger partial charge in [-0.3, -0.25) is 9.59 Å². The van der Waals surface area contributed by atoms with Crippen LogP contribution in [0.5, 0.6) is 0 Å². The van der Waals surface area contributed by atoms with E-state index < -0.39 is 5.82 Å². The Kier molecular flexibility index (Phi) is 6.36. The standard InChI is InChI=1S/C33H24FN5O2S/c1-19-7-4-10-24(34)29(19)38-32(40)28-17-20-14-16-39(27-13-3-2-8-22(27)30(20)42-28)33(41)26-12-5-11-25(37-26)23-18-36-31-21(23)9-6-15-35-31/h2-13,15,17-18H,14,16H2,1H3,(H,35,36)(H,38,40). The topological polar surface area (TPSA) is 91.0 Å². The van der Waals surface area contributed by atoms with E-state index in [9.17, 15) is 14.0 Å². The molecule has 0 saturated heterocycles. The number of fused-ring (bicyclic) bond motifs is 4. The van der Waals surface area contributed by atoms with Crippen LogP contribution in [0.15, 0.2) is 91.3 Å². The molecule has 2 aromatic carbocycles. The summed E-state index contributed by atoms with van der Waals surface area (Å²) >= 11 is 1.34. The molecule has 0 spiro atoms. The summed E-state index contributed by atoms with van der Waals surface area (Å²) < 4.78 is 14.4. The first-order valence-corrected chi connectivity index (χ1v) is 14.3. The number of nitrogens with zero attached hydrogens (tertiary/aromatic N) is 3. The molecule has 0 aliphatic carbocycles. The van der Waals surface area contributed by atoms with Crippen LogP contribution in [0.25, 0.3) is 32.7 Å². The van der Waals surface area contributed by atoms with E-state index in [1.165, 1.54) is 17.4 Å². The summed E-state index contributed by atoms with van der Waals surface area (Å²) in [4.78, 5) is 42.6. The second kappa shape index (κ2) is 10.4. The van der Waals surface area contributed by atoms with E-state index in [-0.39, 0.29) is 17.5 Å². The van der Waals surface area contributed by atoms with E-state index in [2.05, 4.69) is 15.3 Å². The first kappa shape index (κ1) is 25.8. The third-order valence-corrected chi connectivity index (χ3v) is 8.69. The molecule has 7 rings (SSSR count). The Hall–Kier alpha value is -5.15. The number of para-hydroxylation sites is 2. The minimum absolute atomic E-state index is 0.182. The summed E-state index contributed by atoms with van der Waals surface area (Å²) in [6.45, 7) is 2.17. The number of nitrogens with one attached hydrogen (secondary N) is 2. The average Bonchev–Trinajstić information content (AvgIpc) is 3.61. The Bertz CT molecular complexity index is 1990. The van der Waals surface area contributed by atoms with Crippen LogP contribution in [0.3, 0.4) is 0 Å². The van der Waals surface area contributed by atoms with Crippen molar-refractivity contribution in [3.63, 3.8) is 0 Å². The highest BCUT2D eigenvalue weighted by molar-refractivity contribution is 7.17. The number of hydrogen-bond donors (Lipinski definition) is 2. The fourth-order valence-corrected chi connectivity index (χ4v) is 6.53. The maximum Gasteiger partial charge on any atom is 0.276 e. The molecule has 0 atom stereocenters. The minimum Gasteiger partial charge on any atom is -0.345 e. The van der Waals surface area contributed by atoms with Crippen LogP contribution in [-0.4, -0.2) is 33.3 Å². The van der Waals surface area contributed by atoms with Crippen LogP contribution in [0.2, 0.25) is 0 Å². The van der Waals surface area contributed by atoms with Gasteiger partial charge in [-0.1, -0.05) is 36.4 Å². The predicted octanol–water partition coefficient (Wildman–Crippen LogP) is 7.26. The van der Waals surface area contributed by atoms with Crippen LogP contribution < -0.4 is 10.2 Å². The number of thiophene rings is 1. The Morgan fingerprint density at radius 3 is 2.74 bits per heavy atom. The molecule has 2 amide bonds. The van der Waals surface area contributed by atoms with Crippen LogP contribution >= 0.6 is 11.3 Å². The molecule has 7 nitrogen and oxygen atoms in total. The zero-order chi connectivity index (χ0) is 28.8. The van der Waals surface area contributed by atoms with Gasteiger partial charge in [-0.25, -0.2) is 14.4 Å². The summed E-state index contributed by atoms with van der Waals surface area (Å²) in [5.41, 5.74) is 6.08. The molecular formula is C33H24FN5O2S. The van der Waals surface area contributed by atoms with Gasteiger partial charge in [0.05, 0.1) is 21.9 Å². The molecule has 4 aromatic heterocycles. The number of halogens is 1. The number of hydrogen-bond acceptors (Lipinski definition) is 5. The third-order valence-electron chi connectivity index (χ3n) is 7.48. The largest absolute Gasteiger partial charge is 0.345 e. The lowest BCUT2D eigenvalue weighted by molar-refractivity contribution is 0.0981. The molecule has 6 aromatic rings. The van der Waals surface area contributed by atoms with E-state index in [1.807, 2.05) is 60.8 Å². The van der Waals surface area contributed by atoms with Crippen LogP contribution in [-0.2, 0) is 6.42 Å². The van der Waals surface area contributed by atoms with Gasteiger partial charge in [-0.15, -0.1) is 11.3 Å². The fourth-order valence-electron chi connectivity index (χ4n) is 5.39. The first-order chi connectivity index (χ1) is 20.5. The van der Waals surface area contributed by atoms with Crippen molar-refractivity contribution in [2.75, 3.05) is 16.8 Å². The molecule has 0 bridgehead atoms. The molecule has 206 valence electrons. The quantitative estimate of drug-likeness (QED) is 0.232. The number of anilines is 2. The summed E-state index contributed by atoms with van der Waals surface area (Å²) in [6, 6.07) is 23.5. The lowest BCUT2D eigenvalue weighted by atomic mass is 10.1. The number of aromatic nitrogens is 3. The van der Waals surface area contributed by atoms with Crippen molar-refractivity contribution in [2.24, 2.45) is 0 Å². The van der Waals surface area contributed by atoms with Crippen LogP contribution in [0, 0.1) is 12.7 Å². The number of pyridine rings is 2. The van der Waals surface area contributed by atoms with Crippen molar-refractivity contribution in [1.82, 2.24) is 15.0 Å². The molecule has 0 fully saturated rings. The monoisotopic (exact) mass is 573 g/mol. The first-order valence-electron chi connectivity index (χ1n) is 13.5. The zero-order valence-electron chi connectivity index (χ0n) is 22.5. The maximum absolute atomic E-state index is 14.4. The van der Waals surface area contributed by atoms with E-state index in [1.54, 1.807) is 36.2 Å². The molecule has 1 aliphatic heterocycles. The van der Waals surface area contributed by atoms with E-state index in [4.69, 9.17) is 4.98 Å². The number of aromatic amines is 1. The molecule has 42 heavy (non-hydrogen) atoms. The molecule has 9 heteroatoms. The highest BCUT2D eigenvalue weighted by Gasteiger charge is 2.28. The van der Waals surface area contributed by atoms with Gasteiger partial charge >= 0.3 is 0 Å². The van der Waals surface area contributed by atoms with Gasteiger partial charge in [-0.05, 0) is 66.9 Å². The summed E-state index contributed by atoms with van der Waals surface area (Å²) in [5, 5.41) is 3.67. The van der Waals surface area contributed by atoms with Gasteiger partial charge in [0.15, 0.2) is 0 Å². The van der Waals surface area contributed by atoms with Crippen molar-refractivity contribution in [3.8, 4) is 21.7 Å². The minimum atomic E-state index is -0.472. The van der Waals surface area contributed by atoms with E-state index in [0.29, 0.717) is 34.8 Å². The molecule has 2 N–H and O–H groups in total. The van der Waals surface area contributed by atoms with Crippen molar-refractivity contribution in [2.45, 2.75) is 13.3 Å². The van der Waals surface area contributed by atoms with Crippen molar-refractivity contribution < 1.29 is 14.0 Å². The average molecular weight is 574 g/mol. The normalized spacial score (nSPS) is 12.5. The van der Waals surface area contributed by atoms with Gasteiger partial charge in [0.1, 0.15) is 17.2 Å². The van der Waals surface area contributed by atoms with Gasteiger partial charge < -0.3 is 15.2 Å². The second-order valence-corrected chi connectivity index (χ2v) is 11.1. The van der Waals surface area contributed by atoms with Gasteiger partial charge in [0.2, 0.25) is 0 Å². The number of aryl methyl sites for hydroxylation is 1. The summed E-state index contributed by atoms with van der Waals surface area (Å²) in [6.07, 6.45) is 4.13. The summed E-state index contributed by atoms with van der Waals surface area (Å²) in [7, 11) is 0. The van der Waals surface area contributed by atoms with Crippen molar-refractivity contribution >= 4 is 45.6 Å². The highest BCUT2D eigenvalue weighted by atomic mass is 32.1. The fraction of sp³-hybridized carbons (Fsp3) is 0.0909. The second-order valence-electron chi connectivity index (χ2n) is 10.1. The van der Waals surface area contributed by atoms with Crippen molar-refractivity contribution in [3.05, 3.63) is 119 Å². The maximum atomic E-state index is 14.4. The van der Waals surface area contributed by atoms with E-state index in [0.717, 1.165) is 38.3 Å².